The highest BCUT2D eigenvalue weighted by molar-refractivity contribution is 6.30. The Kier molecular flexibility index (Phi) is 4.46. The summed E-state index contributed by atoms with van der Waals surface area (Å²) in [5.41, 5.74) is 2.14. The van der Waals surface area contributed by atoms with E-state index >= 15 is 0 Å². The lowest BCUT2D eigenvalue weighted by Crippen LogP contribution is -2.48. The molecule has 0 radical (unpaired) electrons. The van der Waals surface area contributed by atoms with E-state index in [-0.39, 0.29) is 5.56 Å². The van der Waals surface area contributed by atoms with Crippen molar-refractivity contribution < 1.29 is 4.74 Å². The van der Waals surface area contributed by atoms with Gasteiger partial charge in [0.15, 0.2) is 5.82 Å². The Hall–Kier alpha value is -2.31. The van der Waals surface area contributed by atoms with E-state index in [1.54, 1.807) is 12.4 Å². The van der Waals surface area contributed by atoms with Crippen LogP contribution < -0.4 is 15.2 Å². The normalized spacial score (nSPS) is 17.6. The van der Waals surface area contributed by atoms with E-state index in [1.165, 1.54) is 5.57 Å². The highest BCUT2D eigenvalue weighted by Crippen LogP contribution is 2.29. The number of aromatic amines is 1. The molecule has 130 valence electrons. The van der Waals surface area contributed by atoms with Crippen LogP contribution in [0.5, 0.6) is 5.75 Å². The van der Waals surface area contributed by atoms with Crippen molar-refractivity contribution in [2.24, 2.45) is 0 Å². The van der Waals surface area contributed by atoms with Gasteiger partial charge in [-0.15, -0.1) is 0 Å². The standard InChI is InChI=1S/C18H19ClN4O2/c19-15-1-2-16-14(10-15)9-13(12-25-16)11-22-5-7-23(8-6-22)17-18(24)21-4-3-20-17/h1-4,9-10H,5-8,11-12H2,(H,21,24). The van der Waals surface area contributed by atoms with Crippen LogP contribution in [0.15, 0.2) is 41.0 Å². The van der Waals surface area contributed by atoms with Crippen LogP contribution in [0.2, 0.25) is 5.02 Å². The fraction of sp³-hybridized carbons (Fsp3) is 0.333. The van der Waals surface area contributed by atoms with Gasteiger partial charge in [0.1, 0.15) is 12.4 Å². The minimum absolute atomic E-state index is 0.132. The zero-order valence-electron chi connectivity index (χ0n) is 13.7. The molecule has 1 aromatic carbocycles. The smallest absolute Gasteiger partial charge is 0.290 e. The Labute approximate surface area is 150 Å². The summed E-state index contributed by atoms with van der Waals surface area (Å²) in [6.07, 6.45) is 5.35. The monoisotopic (exact) mass is 358 g/mol. The number of benzene rings is 1. The Morgan fingerprint density at radius 3 is 2.88 bits per heavy atom. The van der Waals surface area contributed by atoms with E-state index in [0.29, 0.717) is 17.4 Å². The number of halogens is 1. The Morgan fingerprint density at radius 1 is 1.24 bits per heavy atom. The topological polar surface area (TPSA) is 61.5 Å². The molecule has 0 saturated carbocycles. The SMILES string of the molecule is O=c1[nH]ccnc1N1CCN(CC2=Cc3cc(Cl)ccc3OC2)CC1. The minimum atomic E-state index is -0.132. The maximum absolute atomic E-state index is 11.9. The lowest BCUT2D eigenvalue weighted by Gasteiger charge is -2.35. The number of H-pyrrole nitrogens is 1. The highest BCUT2D eigenvalue weighted by Gasteiger charge is 2.21. The van der Waals surface area contributed by atoms with Gasteiger partial charge >= 0.3 is 0 Å². The van der Waals surface area contributed by atoms with Crippen LogP contribution in [-0.4, -0.2) is 54.2 Å². The molecule has 2 aliphatic rings. The number of piperazine rings is 1. The third-order valence-electron chi connectivity index (χ3n) is 4.53. The fourth-order valence-corrected chi connectivity index (χ4v) is 3.44. The molecule has 0 atom stereocenters. The van der Waals surface area contributed by atoms with Crippen LogP contribution in [-0.2, 0) is 0 Å². The van der Waals surface area contributed by atoms with Crippen molar-refractivity contribution in [1.29, 1.82) is 0 Å². The number of aromatic nitrogens is 2. The fourth-order valence-electron chi connectivity index (χ4n) is 3.26. The van der Waals surface area contributed by atoms with Gasteiger partial charge in [-0.05, 0) is 29.8 Å². The molecule has 0 unspecified atom stereocenters. The third kappa shape index (κ3) is 3.55. The van der Waals surface area contributed by atoms with Crippen molar-refractivity contribution in [1.82, 2.24) is 14.9 Å². The molecule has 2 aromatic rings. The molecule has 0 bridgehead atoms. The van der Waals surface area contributed by atoms with Crippen molar-refractivity contribution in [3.63, 3.8) is 0 Å². The molecule has 25 heavy (non-hydrogen) atoms. The largest absolute Gasteiger partial charge is 0.489 e. The number of rotatable bonds is 3. The second kappa shape index (κ2) is 6.90. The molecule has 4 rings (SSSR count). The van der Waals surface area contributed by atoms with Gasteiger partial charge < -0.3 is 14.6 Å². The van der Waals surface area contributed by atoms with Gasteiger partial charge in [0.05, 0.1) is 0 Å². The molecule has 7 heteroatoms. The minimum Gasteiger partial charge on any atom is -0.489 e. The number of ether oxygens (including phenoxy) is 1. The first-order valence-corrected chi connectivity index (χ1v) is 8.69. The summed E-state index contributed by atoms with van der Waals surface area (Å²) in [6.45, 7) is 4.81. The highest BCUT2D eigenvalue weighted by atomic mass is 35.5. The van der Waals surface area contributed by atoms with Crippen molar-refractivity contribution in [2.75, 3.05) is 44.2 Å². The molecule has 1 aromatic heterocycles. The van der Waals surface area contributed by atoms with Crippen LogP contribution in [0.4, 0.5) is 5.82 Å². The van der Waals surface area contributed by atoms with Gasteiger partial charge in [-0.2, -0.15) is 0 Å². The third-order valence-corrected chi connectivity index (χ3v) is 4.77. The molecule has 1 saturated heterocycles. The van der Waals surface area contributed by atoms with Gasteiger partial charge in [0, 0.05) is 55.7 Å². The molecule has 1 N–H and O–H groups in total. The number of nitrogens with zero attached hydrogens (tertiary/aromatic N) is 3. The molecule has 0 spiro atoms. The zero-order chi connectivity index (χ0) is 17.2. The Balaban J connectivity index is 1.39. The van der Waals surface area contributed by atoms with E-state index in [4.69, 9.17) is 16.3 Å². The first kappa shape index (κ1) is 16.2. The van der Waals surface area contributed by atoms with Crippen LogP contribution in [0.1, 0.15) is 5.56 Å². The summed E-state index contributed by atoms with van der Waals surface area (Å²) in [5, 5.41) is 0.717. The van der Waals surface area contributed by atoms with Gasteiger partial charge in [-0.1, -0.05) is 11.6 Å². The van der Waals surface area contributed by atoms with Crippen LogP contribution >= 0.6 is 11.6 Å². The lowest BCUT2D eigenvalue weighted by molar-refractivity contribution is 0.259. The second-order valence-corrected chi connectivity index (χ2v) is 6.71. The van der Waals surface area contributed by atoms with E-state index in [2.05, 4.69) is 20.9 Å². The molecular formula is C18H19ClN4O2. The first-order valence-electron chi connectivity index (χ1n) is 8.32. The predicted molar refractivity (Wildman–Crippen MR) is 98.4 cm³/mol. The molecule has 0 amide bonds. The summed E-state index contributed by atoms with van der Waals surface area (Å²) < 4.78 is 5.82. The van der Waals surface area contributed by atoms with Crippen LogP contribution in [0.3, 0.4) is 0 Å². The van der Waals surface area contributed by atoms with Gasteiger partial charge in [-0.25, -0.2) is 4.98 Å². The summed E-state index contributed by atoms with van der Waals surface area (Å²) in [4.78, 5) is 23.1. The predicted octanol–water partition coefficient (Wildman–Crippen LogP) is 2.02. The summed E-state index contributed by atoms with van der Waals surface area (Å²) in [7, 11) is 0. The maximum atomic E-state index is 11.9. The van der Waals surface area contributed by atoms with Crippen LogP contribution in [0, 0.1) is 0 Å². The summed E-state index contributed by atoms with van der Waals surface area (Å²) >= 11 is 6.07. The average molecular weight is 359 g/mol. The number of anilines is 1. The first-order chi connectivity index (χ1) is 12.2. The lowest BCUT2D eigenvalue weighted by atomic mass is 10.1. The van der Waals surface area contributed by atoms with Crippen LogP contribution in [0.25, 0.3) is 6.08 Å². The summed E-state index contributed by atoms with van der Waals surface area (Å²) in [5.74, 6) is 1.39. The van der Waals surface area contributed by atoms with Crippen molar-refractivity contribution in [3.8, 4) is 5.75 Å². The van der Waals surface area contributed by atoms with E-state index in [9.17, 15) is 4.79 Å². The molecular weight excluding hydrogens is 340 g/mol. The molecule has 1 fully saturated rings. The molecule has 3 heterocycles. The molecule has 0 aliphatic carbocycles. The molecule has 6 nitrogen and oxygen atoms in total. The zero-order valence-corrected chi connectivity index (χ0v) is 14.5. The second-order valence-electron chi connectivity index (χ2n) is 6.28. The van der Waals surface area contributed by atoms with Gasteiger partial charge in [0.2, 0.25) is 0 Å². The van der Waals surface area contributed by atoms with E-state index < -0.39 is 0 Å². The average Bonchev–Trinajstić information content (AvgIpc) is 2.63. The van der Waals surface area contributed by atoms with Crippen molar-refractivity contribution in [3.05, 3.63) is 57.1 Å². The van der Waals surface area contributed by atoms with Crippen molar-refractivity contribution in [2.45, 2.75) is 0 Å². The number of fused-ring (bicyclic) bond motifs is 1. The van der Waals surface area contributed by atoms with E-state index in [1.807, 2.05) is 23.1 Å². The van der Waals surface area contributed by atoms with Crippen molar-refractivity contribution >= 4 is 23.5 Å². The number of nitrogens with one attached hydrogen (secondary N) is 1. The number of hydrogen-bond acceptors (Lipinski definition) is 5. The van der Waals surface area contributed by atoms with Gasteiger partial charge in [0.25, 0.3) is 5.56 Å². The quantitative estimate of drug-likeness (QED) is 0.909. The van der Waals surface area contributed by atoms with Gasteiger partial charge in [-0.3, -0.25) is 9.69 Å². The maximum Gasteiger partial charge on any atom is 0.290 e. The van der Waals surface area contributed by atoms with E-state index in [0.717, 1.165) is 44.0 Å². The Bertz CT molecular complexity index is 856. The Morgan fingerprint density at radius 2 is 2.08 bits per heavy atom. The molecule has 2 aliphatic heterocycles. The summed E-state index contributed by atoms with van der Waals surface area (Å²) in [6, 6.07) is 5.69. The number of hydrogen-bond donors (Lipinski definition) is 1.